The van der Waals surface area contributed by atoms with Crippen molar-refractivity contribution in [2.24, 2.45) is 0 Å². The smallest absolute Gasteiger partial charge is 0.125 e. The van der Waals surface area contributed by atoms with E-state index in [9.17, 15) is 0 Å². The number of benzene rings is 1. The molecule has 18 heavy (non-hydrogen) atoms. The van der Waals surface area contributed by atoms with E-state index in [0.29, 0.717) is 11.3 Å². The number of aromatic nitrogens is 1. The lowest BCUT2D eigenvalue weighted by Crippen LogP contribution is -1.91. The van der Waals surface area contributed by atoms with E-state index in [1.807, 2.05) is 36.4 Å². The molecule has 0 spiro atoms. The summed E-state index contributed by atoms with van der Waals surface area (Å²) >= 11 is 1.58. The molecule has 0 bridgehead atoms. The Bertz CT molecular complexity index is 754. The lowest BCUT2D eigenvalue weighted by molar-refractivity contribution is 1.39. The normalized spacial score (nSPS) is 10.4. The van der Waals surface area contributed by atoms with Crippen molar-refractivity contribution >= 4 is 27.2 Å². The van der Waals surface area contributed by atoms with Gasteiger partial charge in [-0.05, 0) is 11.6 Å². The van der Waals surface area contributed by atoms with Crippen molar-refractivity contribution < 1.29 is 0 Å². The maximum absolute atomic E-state index is 8.94. The van der Waals surface area contributed by atoms with Crippen LogP contribution in [0.4, 0.5) is 5.69 Å². The van der Waals surface area contributed by atoms with Crippen molar-refractivity contribution in [3.05, 3.63) is 48.2 Å². The molecule has 4 heteroatoms. The van der Waals surface area contributed by atoms with Crippen molar-refractivity contribution in [2.75, 3.05) is 5.73 Å². The highest BCUT2D eigenvalue weighted by atomic mass is 32.1. The van der Waals surface area contributed by atoms with Gasteiger partial charge in [0.1, 0.15) is 10.9 Å². The van der Waals surface area contributed by atoms with E-state index >= 15 is 0 Å². The molecule has 2 N–H and O–H groups in total. The first-order valence-electron chi connectivity index (χ1n) is 5.43. The second-order valence-corrected chi connectivity index (χ2v) is 4.92. The van der Waals surface area contributed by atoms with Crippen LogP contribution in [-0.4, -0.2) is 4.98 Å². The predicted molar refractivity (Wildman–Crippen MR) is 74.2 cm³/mol. The lowest BCUT2D eigenvalue weighted by Gasteiger charge is -1.96. The topological polar surface area (TPSA) is 62.7 Å². The highest BCUT2D eigenvalue weighted by Gasteiger charge is 2.10. The average Bonchev–Trinajstić information content (AvgIpc) is 2.85. The fourth-order valence-electron chi connectivity index (χ4n) is 1.84. The maximum Gasteiger partial charge on any atom is 0.125 e. The van der Waals surface area contributed by atoms with Crippen LogP contribution >= 0.6 is 11.3 Å². The van der Waals surface area contributed by atoms with Crippen LogP contribution in [0.2, 0.25) is 0 Å². The first-order chi connectivity index (χ1) is 8.79. The zero-order valence-corrected chi connectivity index (χ0v) is 10.2. The molecule has 0 radical (unpaired) electrons. The highest BCUT2D eigenvalue weighted by molar-refractivity contribution is 7.21. The zero-order chi connectivity index (χ0) is 12.5. The van der Waals surface area contributed by atoms with Gasteiger partial charge in [-0.25, -0.2) is 4.98 Å². The Kier molecular flexibility index (Phi) is 2.47. The number of nitriles is 1. The molecule has 3 nitrogen and oxygen atoms in total. The first-order valence-corrected chi connectivity index (χ1v) is 6.25. The Labute approximate surface area is 108 Å². The summed E-state index contributed by atoms with van der Waals surface area (Å²) in [5.41, 5.74) is 8.05. The number of thiophene rings is 1. The number of rotatable bonds is 1. The molecule has 0 atom stereocenters. The standard InChI is InChI=1S/C14H9N3S/c15-7-10-8-17-14-11(13(10)16)6-12(18-14)9-4-2-1-3-5-9/h1-6,8H,(H2,16,17). The molecule has 0 fully saturated rings. The van der Waals surface area contributed by atoms with Crippen molar-refractivity contribution in [1.29, 1.82) is 5.26 Å². The van der Waals surface area contributed by atoms with Gasteiger partial charge in [0.05, 0.1) is 11.3 Å². The molecule has 0 aliphatic carbocycles. The minimum absolute atomic E-state index is 0.430. The summed E-state index contributed by atoms with van der Waals surface area (Å²) in [5.74, 6) is 0. The van der Waals surface area contributed by atoms with Crippen LogP contribution in [0.1, 0.15) is 5.56 Å². The van der Waals surface area contributed by atoms with Crippen LogP contribution in [0.5, 0.6) is 0 Å². The van der Waals surface area contributed by atoms with Crippen LogP contribution in [-0.2, 0) is 0 Å². The van der Waals surface area contributed by atoms with E-state index in [4.69, 9.17) is 11.0 Å². The number of hydrogen-bond donors (Lipinski definition) is 1. The molecule has 2 heterocycles. The summed E-state index contributed by atoms with van der Waals surface area (Å²) in [6.07, 6.45) is 1.53. The van der Waals surface area contributed by atoms with Gasteiger partial charge < -0.3 is 5.73 Å². The van der Waals surface area contributed by atoms with Crippen LogP contribution < -0.4 is 5.73 Å². The van der Waals surface area contributed by atoms with Gasteiger partial charge in [0.2, 0.25) is 0 Å². The SMILES string of the molecule is N#Cc1cnc2sc(-c3ccccc3)cc2c1N. The summed E-state index contributed by atoms with van der Waals surface area (Å²) in [4.78, 5) is 6.25. The lowest BCUT2D eigenvalue weighted by atomic mass is 10.1. The summed E-state index contributed by atoms with van der Waals surface area (Å²) < 4.78 is 0. The first kappa shape index (κ1) is 10.8. The zero-order valence-electron chi connectivity index (χ0n) is 9.42. The number of nitrogens with zero attached hydrogens (tertiary/aromatic N) is 2. The predicted octanol–water partition coefficient (Wildman–Crippen LogP) is 3.42. The van der Waals surface area contributed by atoms with Crippen molar-refractivity contribution in [1.82, 2.24) is 4.98 Å². The number of anilines is 1. The molecular weight excluding hydrogens is 242 g/mol. The van der Waals surface area contributed by atoms with Gasteiger partial charge in [0.25, 0.3) is 0 Å². The second kappa shape index (κ2) is 4.13. The van der Waals surface area contributed by atoms with Crippen LogP contribution in [0, 0.1) is 11.3 Å². The minimum atomic E-state index is 0.430. The minimum Gasteiger partial charge on any atom is -0.397 e. The van der Waals surface area contributed by atoms with E-state index in [1.165, 1.54) is 6.20 Å². The summed E-state index contributed by atoms with van der Waals surface area (Å²) in [6.45, 7) is 0. The van der Waals surface area contributed by atoms with Crippen LogP contribution in [0.25, 0.3) is 20.7 Å². The molecule has 2 aromatic heterocycles. The molecule has 3 rings (SSSR count). The molecule has 86 valence electrons. The second-order valence-electron chi connectivity index (χ2n) is 3.89. The van der Waals surface area contributed by atoms with E-state index in [0.717, 1.165) is 20.7 Å². The van der Waals surface area contributed by atoms with Crippen molar-refractivity contribution in [3.8, 4) is 16.5 Å². The number of hydrogen-bond acceptors (Lipinski definition) is 4. The number of pyridine rings is 1. The fourth-order valence-corrected chi connectivity index (χ4v) is 2.87. The van der Waals surface area contributed by atoms with Gasteiger partial charge in [-0.1, -0.05) is 30.3 Å². The highest BCUT2D eigenvalue weighted by Crippen LogP contribution is 2.35. The molecule has 1 aromatic carbocycles. The van der Waals surface area contributed by atoms with Gasteiger partial charge in [0, 0.05) is 16.5 Å². The molecule has 0 saturated carbocycles. The molecule has 3 aromatic rings. The summed E-state index contributed by atoms with van der Waals surface area (Å²) in [5, 5.41) is 9.79. The van der Waals surface area contributed by atoms with E-state index in [-0.39, 0.29) is 0 Å². The molecule has 0 amide bonds. The molecular formula is C14H9N3S. The van der Waals surface area contributed by atoms with Crippen LogP contribution in [0.15, 0.2) is 42.6 Å². The van der Waals surface area contributed by atoms with Gasteiger partial charge in [-0.15, -0.1) is 11.3 Å². The molecule has 0 unspecified atom stereocenters. The van der Waals surface area contributed by atoms with E-state index in [2.05, 4.69) is 11.1 Å². The Morgan fingerprint density at radius 2 is 2.00 bits per heavy atom. The summed E-state index contributed by atoms with van der Waals surface area (Å²) in [6, 6.07) is 14.1. The fraction of sp³-hybridized carbons (Fsp3) is 0. The largest absolute Gasteiger partial charge is 0.397 e. The quantitative estimate of drug-likeness (QED) is 0.720. The molecule has 0 saturated heterocycles. The number of fused-ring (bicyclic) bond motifs is 1. The Balaban J connectivity index is 2.24. The van der Waals surface area contributed by atoms with Gasteiger partial charge in [0.15, 0.2) is 0 Å². The van der Waals surface area contributed by atoms with E-state index in [1.54, 1.807) is 11.3 Å². The Morgan fingerprint density at radius 3 is 2.72 bits per heavy atom. The average molecular weight is 251 g/mol. The van der Waals surface area contributed by atoms with Crippen molar-refractivity contribution in [2.45, 2.75) is 0 Å². The Morgan fingerprint density at radius 1 is 1.22 bits per heavy atom. The third-order valence-electron chi connectivity index (χ3n) is 2.78. The van der Waals surface area contributed by atoms with Gasteiger partial charge >= 0.3 is 0 Å². The number of nitrogen functional groups attached to an aromatic ring is 1. The van der Waals surface area contributed by atoms with Gasteiger partial charge in [-0.3, -0.25) is 0 Å². The Hall–Kier alpha value is -2.38. The maximum atomic E-state index is 8.94. The van der Waals surface area contributed by atoms with Crippen molar-refractivity contribution in [3.63, 3.8) is 0 Å². The third-order valence-corrected chi connectivity index (χ3v) is 3.87. The van der Waals surface area contributed by atoms with Gasteiger partial charge in [-0.2, -0.15) is 5.26 Å². The third kappa shape index (κ3) is 1.62. The van der Waals surface area contributed by atoms with E-state index < -0.39 is 0 Å². The van der Waals surface area contributed by atoms with Crippen LogP contribution in [0.3, 0.4) is 0 Å². The molecule has 0 aliphatic heterocycles. The number of nitrogens with two attached hydrogens (primary N) is 1. The summed E-state index contributed by atoms with van der Waals surface area (Å²) in [7, 11) is 0. The monoisotopic (exact) mass is 251 g/mol. The molecule has 0 aliphatic rings.